The van der Waals surface area contributed by atoms with Gasteiger partial charge in [-0.3, -0.25) is 9.48 Å². The Morgan fingerprint density at radius 2 is 1.56 bits per heavy atom. The molecule has 0 spiro atoms. The summed E-state index contributed by atoms with van der Waals surface area (Å²) in [5.74, 6) is 0.285. The Morgan fingerprint density at radius 1 is 0.897 bits per heavy atom. The average Bonchev–Trinajstić information content (AvgIpc) is 3.56. The highest BCUT2D eigenvalue weighted by molar-refractivity contribution is 5.93. The second-order valence-corrected chi connectivity index (χ2v) is 9.37. The summed E-state index contributed by atoms with van der Waals surface area (Å²) in [6, 6.07) is 19.3. The SMILES string of the molecule is CCOC(=O)c1cc(-c2ccc(N3CCN(C(=O)c4cc(C)nn4C)CC3)cc2)n(-c2ccc(OC)cc2)n1. The summed E-state index contributed by atoms with van der Waals surface area (Å²) in [5.41, 5.74) is 5.26. The van der Waals surface area contributed by atoms with Crippen molar-refractivity contribution in [2.45, 2.75) is 13.8 Å². The quantitative estimate of drug-likeness (QED) is 0.338. The number of hydrogen-bond donors (Lipinski definition) is 0. The first kappa shape index (κ1) is 26.0. The van der Waals surface area contributed by atoms with E-state index in [0.29, 0.717) is 18.8 Å². The third-order valence-electron chi connectivity index (χ3n) is 6.83. The van der Waals surface area contributed by atoms with Crippen LogP contribution in [0.2, 0.25) is 0 Å². The number of nitrogens with zero attached hydrogens (tertiary/aromatic N) is 6. The number of rotatable bonds is 7. The fourth-order valence-electron chi connectivity index (χ4n) is 4.80. The van der Waals surface area contributed by atoms with E-state index in [1.807, 2.05) is 54.3 Å². The molecule has 0 unspecified atom stereocenters. The van der Waals surface area contributed by atoms with Gasteiger partial charge in [0.2, 0.25) is 0 Å². The predicted octanol–water partition coefficient (Wildman–Crippen LogP) is 3.73. The molecule has 39 heavy (non-hydrogen) atoms. The summed E-state index contributed by atoms with van der Waals surface area (Å²) >= 11 is 0. The van der Waals surface area contributed by atoms with Crippen molar-refractivity contribution >= 4 is 17.6 Å². The minimum atomic E-state index is -0.462. The van der Waals surface area contributed by atoms with Crippen LogP contribution in [0, 0.1) is 6.92 Å². The van der Waals surface area contributed by atoms with Gasteiger partial charge in [-0.15, -0.1) is 0 Å². The zero-order chi connectivity index (χ0) is 27.5. The van der Waals surface area contributed by atoms with Crippen LogP contribution in [0.4, 0.5) is 5.69 Å². The van der Waals surface area contributed by atoms with E-state index in [2.05, 4.69) is 27.2 Å². The maximum absolute atomic E-state index is 13.0. The van der Waals surface area contributed by atoms with Crippen molar-refractivity contribution in [2.24, 2.45) is 7.05 Å². The summed E-state index contributed by atoms with van der Waals surface area (Å²) in [4.78, 5) is 29.6. The molecule has 0 saturated carbocycles. The third-order valence-corrected chi connectivity index (χ3v) is 6.83. The van der Waals surface area contributed by atoms with Gasteiger partial charge in [0.05, 0.1) is 30.8 Å². The van der Waals surface area contributed by atoms with Crippen LogP contribution in [0.5, 0.6) is 5.75 Å². The fourth-order valence-corrected chi connectivity index (χ4v) is 4.80. The lowest BCUT2D eigenvalue weighted by molar-refractivity contribution is 0.0518. The molecule has 1 aliphatic heterocycles. The molecule has 2 aromatic heterocycles. The van der Waals surface area contributed by atoms with Crippen molar-refractivity contribution in [1.82, 2.24) is 24.5 Å². The molecule has 4 aromatic rings. The summed E-state index contributed by atoms with van der Waals surface area (Å²) in [7, 11) is 3.42. The molecule has 1 amide bonds. The van der Waals surface area contributed by atoms with Crippen molar-refractivity contribution < 1.29 is 19.1 Å². The van der Waals surface area contributed by atoms with Gasteiger partial charge in [0.15, 0.2) is 5.69 Å². The maximum atomic E-state index is 13.0. The number of amides is 1. The van der Waals surface area contributed by atoms with Gasteiger partial charge in [-0.05, 0) is 62.4 Å². The Hall–Kier alpha value is -4.60. The molecular weight excluding hydrogens is 496 g/mol. The number of anilines is 1. The Kier molecular flexibility index (Phi) is 7.36. The molecule has 1 fully saturated rings. The molecule has 0 bridgehead atoms. The van der Waals surface area contributed by atoms with Crippen LogP contribution in [-0.4, -0.2) is 76.2 Å². The zero-order valence-electron chi connectivity index (χ0n) is 22.6. The summed E-state index contributed by atoms with van der Waals surface area (Å²) < 4.78 is 13.9. The number of aryl methyl sites for hydroxylation is 2. The van der Waals surface area contributed by atoms with E-state index in [0.717, 1.165) is 47.2 Å². The van der Waals surface area contributed by atoms with Crippen LogP contribution >= 0.6 is 0 Å². The van der Waals surface area contributed by atoms with Crippen molar-refractivity contribution in [2.75, 3.05) is 44.8 Å². The first-order valence-corrected chi connectivity index (χ1v) is 12.9. The highest BCUT2D eigenvalue weighted by atomic mass is 16.5. The molecular formula is C29H32N6O4. The predicted molar refractivity (Wildman–Crippen MR) is 148 cm³/mol. The molecule has 10 heteroatoms. The first-order chi connectivity index (χ1) is 18.9. The fraction of sp³-hybridized carbons (Fsp3) is 0.310. The van der Waals surface area contributed by atoms with Crippen LogP contribution < -0.4 is 9.64 Å². The van der Waals surface area contributed by atoms with Crippen LogP contribution in [-0.2, 0) is 11.8 Å². The van der Waals surface area contributed by atoms with E-state index in [-0.39, 0.29) is 18.2 Å². The molecule has 0 N–H and O–H groups in total. The number of esters is 1. The van der Waals surface area contributed by atoms with Crippen molar-refractivity contribution in [3.63, 3.8) is 0 Å². The first-order valence-electron chi connectivity index (χ1n) is 12.9. The van der Waals surface area contributed by atoms with Gasteiger partial charge in [-0.25, -0.2) is 9.48 Å². The molecule has 0 radical (unpaired) electrons. The number of benzene rings is 2. The molecule has 1 saturated heterocycles. The molecule has 0 atom stereocenters. The number of ether oxygens (including phenoxy) is 2. The summed E-state index contributed by atoms with van der Waals surface area (Å²) in [6.45, 7) is 6.68. The topological polar surface area (TPSA) is 94.7 Å². The molecule has 202 valence electrons. The smallest absolute Gasteiger partial charge is 0.358 e. The number of hydrogen-bond acceptors (Lipinski definition) is 7. The number of carbonyl (C=O) groups is 2. The second kappa shape index (κ2) is 11.0. The van der Waals surface area contributed by atoms with E-state index >= 15 is 0 Å². The van der Waals surface area contributed by atoms with Crippen LogP contribution in [0.25, 0.3) is 16.9 Å². The van der Waals surface area contributed by atoms with Gasteiger partial charge in [-0.1, -0.05) is 12.1 Å². The Bertz CT molecular complexity index is 1460. The molecule has 10 nitrogen and oxygen atoms in total. The highest BCUT2D eigenvalue weighted by Crippen LogP contribution is 2.28. The molecule has 1 aliphatic rings. The number of carbonyl (C=O) groups excluding carboxylic acids is 2. The molecule has 3 heterocycles. The van der Waals surface area contributed by atoms with Crippen LogP contribution in [0.15, 0.2) is 60.7 Å². The Labute approximate surface area is 227 Å². The largest absolute Gasteiger partial charge is 0.497 e. The molecule has 5 rings (SSSR count). The molecule has 2 aromatic carbocycles. The van der Waals surface area contributed by atoms with Gasteiger partial charge in [0.25, 0.3) is 5.91 Å². The minimum absolute atomic E-state index is 0.0114. The average molecular weight is 529 g/mol. The van der Waals surface area contributed by atoms with E-state index in [1.54, 1.807) is 36.5 Å². The van der Waals surface area contributed by atoms with Crippen molar-refractivity contribution in [3.8, 4) is 22.7 Å². The second-order valence-electron chi connectivity index (χ2n) is 9.37. The lowest BCUT2D eigenvalue weighted by atomic mass is 10.1. The monoisotopic (exact) mass is 528 g/mol. The molecule has 0 aliphatic carbocycles. The highest BCUT2D eigenvalue weighted by Gasteiger charge is 2.25. The Morgan fingerprint density at radius 3 is 2.15 bits per heavy atom. The van der Waals surface area contributed by atoms with Gasteiger partial charge < -0.3 is 19.3 Å². The maximum Gasteiger partial charge on any atom is 0.358 e. The third kappa shape index (κ3) is 5.36. The number of piperazine rings is 1. The standard InChI is InChI=1S/C29H32N6O4/c1-5-39-29(37)25-19-26(35(31-25)23-10-12-24(38-4)13-11-23)21-6-8-22(9-7-21)33-14-16-34(17-15-33)28(36)27-18-20(2)30-32(27)3/h6-13,18-19H,5,14-17H2,1-4H3. The van der Waals surface area contributed by atoms with E-state index in [9.17, 15) is 9.59 Å². The number of methoxy groups -OCH3 is 1. The minimum Gasteiger partial charge on any atom is -0.497 e. The van der Waals surface area contributed by atoms with E-state index < -0.39 is 5.97 Å². The summed E-state index contributed by atoms with van der Waals surface area (Å²) in [5, 5.41) is 8.85. The van der Waals surface area contributed by atoms with Gasteiger partial charge >= 0.3 is 5.97 Å². The van der Waals surface area contributed by atoms with Gasteiger partial charge in [0, 0.05) is 44.5 Å². The van der Waals surface area contributed by atoms with Crippen molar-refractivity contribution in [3.05, 3.63) is 77.7 Å². The number of aromatic nitrogens is 4. The normalized spacial score (nSPS) is 13.4. The van der Waals surface area contributed by atoms with Crippen LogP contribution in [0.3, 0.4) is 0 Å². The lowest BCUT2D eigenvalue weighted by Crippen LogP contribution is -2.49. The van der Waals surface area contributed by atoms with Crippen LogP contribution in [0.1, 0.15) is 33.6 Å². The van der Waals surface area contributed by atoms with E-state index in [1.165, 1.54) is 0 Å². The summed E-state index contributed by atoms with van der Waals surface area (Å²) in [6.07, 6.45) is 0. The van der Waals surface area contributed by atoms with Gasteiger partial charge in [-0.2, -0.15) is 10.2 Å². The van der Waals surface area contributed by atoms with E-state index in [4.69, 9.17) is 9.47 Å². The lowest BCUT2D eigenvalue weighted by Gasteiger charge is -2.36. The Balaban J connectivity index is 1.34. The van der Waals surface area contributed by atoms with Gasteiger partial charge in [0.1, 0.15) is 11.4 Å². The van der Waals surface area contributed by atoms with Crippen molar-refractivity contribution in [1.29, 1.82) is 0 Å². The zero-order valence-corrected chi connectivity index (χ0v) is 22.6.